The SMILES string of the molecule is NCC(Cn1ncn(Cc2ccc(C#Cc3cnc4c(c3)NC(=O)CO4)s2)c1=O)=C(F)F.O=C(O)C(F)(F)F. The summed E-state index contributed by atoms with van der Waals surface area (Å²) < 4.78 is 64.8. The van der Waals surface area contributed by atoms with E-state index in [0.717, 1.165) is 14.4 Å². The van der Waals surface area contributed by atoms with Crippen LogP contribution in [0.5, 0.6) is 5.88 Å². The van der Waals surface area contributed by atoms with Crippen molar-refractivity contribution in [1.82, 2.24) is 19.3 Å². The van der Waals surface area contributed by atoms with Crippen LogP contribution in [0.1, 0.15) is 15.3 Å². The summed E-state index contributed by atoms with van der Waals surface area (Å²) in [5.74, 6) is 3.33. The van der Waals surface area contributed by atoms with Gasteiger partial charge in [-0.1, -0.05) is 11.8 Å². The van der Waals surface area contributed by atoms with E-state index >= 15 is 0 Å². The summed E-state index contributed by atoms with van der Waals surface area (Å²) in [7, 11) is 0. The van der Waals surface area contributed by atoms with E-state index in [0.29, 0.717) is 17.1 Å². The molecule has 1 amide bonds. The Bertz CT molecular complexity index is 1530. The monoisotopic (exact) mass is 572 g/mol. The van der Waals surface area contributed by atoms with Gasteiger partial charge in [-0.25, -0.2) is 19.3 Å². The number of amides is 1. The van der Waals surface area contributed by atoms with Gasteiger partial charge in [0.1, 0.15) is 12.0 Å². The minimum atomic E-state index is -5.08. The van der Waals surface area contributed by atoms with E-state index in [9.17, 15) is 31.5 Å². The van der Waals surface area contributed by atoms with Crippen molar-refractivity contribution < 1.29 is 41.4 Å². The number of alkyl halides is 3. The largest absolute Gasteiger partial charge is 0.490 e. The number of hydrogen-bond acceptors (Lipinski definition) is 8. The minimum absolute atomic E-state index is 0.0669. The first-order chi connectivity index (χ1) is 18.4. The molecule has 1 aliphatic rings. The Morgan fingerprint density at radius 3 is 2.62 bits per heavy atom. The number of fused-ring (bicyclic) bond motifs is 1. The van der Waals surface area contributed by atoms with Crippen molar-refractivity contribution in [3.63, 3.8) is 0 Å². The van der Waals surface area contributed by atoms with Gasteiger partial charge in [0.05, 0.1) is 18.0 Å². The summed E-state index contributed by atoms with van der Waals surface area (Å²) in [6.07, 6.45) is -4.14. The van der Waals surface area contributed by atoms with E-state index < -0.39 is 23.9 Å². The maximum atomic E-state index is 12.8. The highest BCUT2D eigenvalue weighted by atomic mass is 32.1. The highest BCUT2D eigenvalue weighted by Crippen LogP contribution is 2.25. The number of rotatable bonds is 5. The number of carboxylic acids is 1. The summed E-state index contributed by atoms with van der Waals surface area (Å²) in [5, 5.41) is 13.7. The van der Waals surface area contributed by atoms with Crippen molar-refractivity contribution in [3.05, 3.63) is 68.2 Å². The molecule has 4 N–H and O–H groups in total. The van der Waals surface area contributed by atoms with Crippen LogP contribution in [-0.2, 0) is 22.7 Å². The molecule has 0 aromatic carbocycles. The molecule has 0 saturated heterocycles. The van der Waals surface area contributed by atoms with Crippen molar-refractivity contribution in [1.29, 1.82) is 0 Å². The summed E-state index contributed by atoms with van der Waals surface area (Å²) >= 11 is 1.38. The molecule has 0 unspecified atom stereocenters. The van der Waals surface area contributed by atoms with Crippen molar-refractivity contribution in [2.75, 3.05) is 18.5 Å². The maximum Gasteiger partial charge on any atom is 0.490 e. The Kier molecular flexibility index (Phi) is 9.16. The molecular weight excluding hydrogens is 555 g/mol. The standard InChI is InChI=1S/C20H16F2N6O3S.C2HF3O2/c21-18(22)13(6-23)8-28-20(30)27(11-25-28)9-15-4-3-14(32-15)2-1-12-5-16-19(24-7-12)31-10-17(29)26-16;3-2(4,5)1(6)7/h3-5,7,11H,6,8-10,23H2,(H,26,29);(H,6,7). The van der Waals surface area contributed by atoms with Gasteiger partial charge < -0.3 is 20.9 Å². The lowest BCUT2D eigenvalue weighted by molar-refractivity contribution is -0.192. The zero-order valence-corrected chi connectivity index (χ0v) is 20.3. The second-order valence-electron chi connectivity index (χ2n) is 7.50. The van der Waals surface area contributed by atoms with Gasteiger partial charge in [0.25, 0.3) is 12.0 Å². The molecule has 0 fully saturated rings. The third-order valence-electron chi connectivity index (χ3n) is 4.68. The number of nitrogens with two attached hydrogens (primary N) is 1. The van der Waals surface area contributed by atoms with E-state index in [1.165, 1.54) is 22.2 Å². The van der Waals surface area contributed by atoms with Crippen LogP contribution in [-0.4, -0.2) is 55.6 Å². The van der Waals surface area contributed by atoms with Crippen LogP contribution in [0.2, 0.25) is 0 Å². The van der Waals surface area contributed by atoms with Gasteiger partial charge in [-0.2, -0.15) is 27.1 Å². The molecule has 11 nitrogen and oxygen atoms in total. The molecular formula is C22H17F5N6O5S. The molecule has 206 valence electrons. The number of anilines is 1. The lowest BCUT2D eigenvalue weighted by Crippen LogP contribution is -2.27. The van der Waals surface area contributed by atoms with Gasteiger partial charge in [0.15, 0.2) is 6.61 Å². The zero-order valence-electron chi connectivity index (χ0n) is 19.5. The Hall–Kier alpha value is -4.56. The minimum Gasteiger partial charge on any atom is -0.475 e. The van der Waals surface area contributed by atoms with Crippen LogP contribution >= 0.6 is 11.3 Å². The smallest absolute Gasteiger partial charge is 0.475 e. The molecule has 3 aromatic rings. The number of aliphatic carboxylic acids is 1. The number of ether oxygens (including phenoxy) is 1. The van der Waals surface area contributed by atoms with E-state index in [1.54, 1.807) is 12.3 Å². The van der Waals surface area contributed by atoms with Gasteiger partial charge in [-0.3, -0.25) is 9.36 Å². The number of halogens is 5. The molecule has 4 rings (SSSR count). The Morgan fingerprint density at radius 2 is 1.97 bits per heavy atom. The number of pyridine rings is 1. The molecule has 0 spiro atoms. The molecule has 4 heterocycles. The van der Waals surface area contributed by atoms with Crippen LogP contribution in [0.4, 0.5) is 27.6 Å². The van der Waals surface area contributed by atoms with E-state index in [4.69, 9.17) is 20.4 Å². The van der Waals surface area contributed by atoms with Crippen LogP contribution in [0.3, 0.4) is 0 Å². The molecule has 0 bridgehead atoms. The molecule has 0 atom stereocenters. The lowest BCUT2D eigenvalue weighted by atomic mass is 10.2. The summed E-state index contributed by atoms with van der Waals surface area (Å²) in [4.78, 5) is 38.4. The number of carbonyl (C=O) groups is 2. The number of nitrogens with zero attached hydrogens (tertiary/aromatic N) is 4. The third kappa shape index (κ3) is 7.96. The first-order valence-corrected chi connectivity index (χ1v) is 11.4. The van der Waals surface area contributed by atoms with Crippen LogP contribution in [0.15, 0.2) is 47.2 Å². The van der Waals surface area contributed by atoms with Crippen LogP contribution in [0, 0.1) is 11.8 Å². The average molecular weight is 572 g/mol. The van der Waals surface area contributed by atoms with Gasteiger partial charge in [-0.05, 0) is 18.2 Å². The topological polar surface area (TPSA) is 154 Å². The third-order valence-corrected chi connectivity index (χ3v) is 5.66. The second-order valence-corrected chi connectivity index (χ2v) is 8.67. The number of thiophene rings is 1. The maximum absolute atomic E-state index is 12.8. The first-order valence-electron chi connectivity index (χ1n) is 10.6. The van der Waals surface area contributed by atoms with Gasteiger partial charge in [0, 0.05) is 28.8 Å². The van der Waals surface area contributed by atoms with Gasteiger partial charge >= 0.3 is 17.8 Å². The van der Waals surface area contributed by atoms with E-state index in [2.05, 4.69) is 27.2 Å². The molecule has 39 heavy (non-hydrogen) atoms. The quantitative estimate of drug-likeness (QED) is 0.310. The fraction of sp³-hybridized carbons (Fsp3) is 0.227. The highest BCUT2D eigenvalue weighted by Gasteiger charge is 2.38. The van der Waals surface area contributed by atoms with Crippen molar-refractivity contribution in [2.45, 2.75) is 19.3 Å². The highest BCUT2D eigenvalue weighted by molar-refractivity contribution is 7.12. The van der Waals surface area contributed by atoms with Crippen LogP contribution < -0.4 is 21.5 Å². The number of nitrogens with one attached hydrogen (secondary N) is 1. The van der Waals surface area contributed by atoms with Gasteiger partial charge in [0.2, 0.25) is 5.88 Å². The summed E-state index contributed by atoms with van der Waals surface area (Å²) in [5.41, 5.74) is 5.51. The number of carboxylic acid groups (broad SMARTS) is 1. The van der Waals surface area contributed by atoms with Gasteiger partial charge in [-0.15, -0.1) is 11.3 Å². The Morgan fingerprint density at radius 1 is 1.26 bits per heavy atom. The molecule has 1 aliphatic heterocycles. The van der Waals surface area contributed by atoms with E-state index in [-0.39, 0.29) is 37.7 Å². The average Bonchev–Trinajstić information content (AvgIpc) is 3.47. The Labute approximate surface area is 219 Å². The predicted octanol–water partition coefficient (Wildman–Crippen LogP) is 2.02. The first kappa shape index (κ1) is 29.0. The van der Waals surface area contributed by atoms with Crippen molar-refractivity contribution in [3.8, 4) is 17.7 Å². The Balaban J connectivity index is 0.000000532. The lowest BCUT2D eigenvalue weighted by Gasteiger charge is -2.16. The van der Waals surface area contributed by atoms with E-state index in [1.807, 2.05) is 12.1 Å². The van der Waals surface area contributed by atoms with Crippen molar-refractivity contribution in [2.24, 2.45) is 5.73 Å². The number of carbonyl (C=O) groups excluding carboxylic acids is 1. The fourth-order valence-corrected chi connectivity index (χ4v) is 3.71. The molecule has 3 aromatic heterocycles. The molecule has 0 saturated carbocycles. The molecule has 17 heteroatoms. The fourth-order valence-electron chi connectivity index (χ4n) is 2.85. The van der Waals surface area contributed by atoms with Crippen LogP contribution in [0.25, 0.3) is 0 Å². The normalized spacial score (nSPS) is 12.1. The molecule has 0 radical (unpaired) electrons. The summed E-state index contributed by atoms with van der Waals surface area (Å²) in [6, 6.07) is 5.32. The van der Waals surface area contributed by atoms with Crippen molar-refractivity contribution >= 4 is 28.9 Å². The molecule has 0 aliphatic carbocycles. The number of hydrogen-bond donors (Lipinski definition) is 3. The summed E-state index contributed by atoms with van der Waals surface area (Å²) in [6.45, 7) is -0.544. The zero-order chi connectivity index (χ0) is 28.7. The number of aromatic nitrogens is 4. The second kappa shape index (κ2) is 12.3. The predicted molar refractivity (Wildman–Crippen MR) is 126 cm³/mol.